The quantitative estimate of drug-likeness (QED) is 0.803. The fourth-order valence-electron chi connectivity index (χ4n) is 4.16. The second kappa shape index (κ2) is 7.45. The molecule has 24 heavy (non-hydrogen) atoms. The zero-order valence-electron chi connectivity index (χ0n) is 14.9. The summed E-state index contributed by atoms with van der Waals surface area (Å²) in [6.07, 6.45) is 5.04. The number of rotatable bonds is 5. The van der Waals surface area contributed by atoms with Crippen LogP contribution >= 0.6 is 11.6 Å². The molecule has 2 fully saturated rings. The highest BCUT2D eigenvalue weighted by molar-refractivity contribution is 6.30. The molecule has 0 bridgehead atoms. The molecule has 4 heteroatoms. The predicted octanol–water partition coefficient (Wildman–Crippen LogP) is 4.00. The standard InChI is InChI=1S/C20H29ClN2O/c1-16(2)14-23-13-11-20(23)10-3-12-22(15-20)19(24)9-6-17-4-7-18(21)8-5-17/h4-5,7-8,16H,3,6,9-15H2,1-2H3/t20-/m0/s1. The van der Waals surface area contributed by atoms with E-state index in [1.165, 1.54) is 24.9 Å². The maximum Gasteiger partial charge on any atom is 0.222 e. The molecule has 1 atom stereocenters. The number of aryl methyl sites for hydroxylation is 1. The van der Waals surface area contributed by atoms with Gasteiger partial charge in [-0.2, -0.15) is 0 Å². The fourth-order valence-corrected chi connectivity index (χ4v) is 4.29. The molecule has 0 unspecified atom stereocenters. The van der Waals surface area contributed by atoms with Gasteiger partial charge < -0.3 is 4.90 Å². The van der Waals surface area contributed by atoms with Crippen LogP contribution in [0.15, 0.2) is 24.3 Å². The number of carbonyl (C=O) groups excluding carboxylic acids is 1. The van der Waals surface area contributed by atoms with Crippen molar-refractivity contribution in [2.45, 2.75) is 51.5 Å². The molecule has 2 aliphatic heterocycles. The van der Waals surface area contributed by atoms with Gasteiger partial charge in [-0.1, -0.05) is 37.6 Å². The topological polar surface area (TPSA) is 23.6 Å². The Morgan fingerprint density at radius 1 is 1.21 bits per heavy atom. The van der Waals surface area contributed by atoms with Crippen molar-refractivity contribution >= 4 is 17.5 Å². The van der Waals surface area contributed by atoms with Gasteiger partial charge in [0.2, 0.25) is 5.91 Å². The predicted molar refractivity (Wildman–Crippen MR) is 99.3 cm³/mol. The summed E-state index contributed by atoms with van der Waals surface area (Å²) in [4.78, 5) is 17.4. The Balaban J connectivity index is 1.54. The summed E-state index contributed by atoms with van der Waals surface area (Å²) >= 11 is 5.92. The number of nitrogens with zero attached hydrogens (tertiary/aromatic N) is 2. The summed E-state index contributed by atoms with van der Waals surface area (Å²) in [5, 5.41) is 0.748. The molecule has 1 aromatic carbocycles. The highest BCUT2D eigenvalue weighted by Crippen LogP contribution is 2.39. The number of likely N-dealkylation sites (tertiary alicyclic amines) is 2. The minimum atomic E-state index is 0.276. The highest BCUT2D eigenvalue weighted by Gasteiger charge is 2.47. The van der Waals surface area contributed by atoms with Gasteiger partial charge in [-0.15, -0.1) is 0 Å². The van der Waals surface area contributed by atoms with E-state index in [2.05, 4.69) is 23.6 Å². The van der Waals surface area contributed by atoms with Crippen LogP contribution in [0.25, 0.3) is 0 Å². The Labute approximate surface area is 151 Å². The largest absolute Gasteiger partial charge is 0.341 e. The van der Waals surface area contributed by atoms with Crippen LogP contribution in [0, 0.1) is 5.92 Å². The third-order valence-electron chi connectivity index (χ3n) is 5.55. The molecule has 1 amide bonds. The lowest BCUT2D eigenvalue weighted by atomic mass is 9.77. The van der Waals surface area contributed by atoms with Gasteiger partial charge in [0.05, 0.1) is 0 Å². The van der Waals surface area contributed by atoms with Crippen molar-refractivity contribution in [2.24, 2.45) is 5.92 Å². The number of carbonyl (C=O) groups is 1. The first-order chi connectivity index (χ1) is 11.5. The van der Waals surface area contributed by atoms with E-state index in [-0.39, 0.29) is 5.54 Å². The normalized spacial score (nSPS) is 24.4. The first-order valence-electron chi connectivity index (χ1n) is 9.26. The third kappa shape index (κ3) is 3.94. The van der Waals surface area contributed by atoms with E-state index < -0.39 is 0 Å². The molecule has 132 valence electrons. The Hall–Kier alpha value is -1.06. The molecule has 0 aromatic heterocycles. The lowest BCUT2D eigenvalue weighted by Gasteiger charge is -2.57. The van der Waals surface area contributed by atoms with Crippen molar-refractivity contribution < 1.29 is 4.79 Å². The molecular weight excluding hydrogens is 320 g/mol. The Morgan fingerprint density at radius 2 is 1.96 bits per heavy atom. The van der Waals surface area contributed by atoms with E-state index in [1.807, 2.05) is 24.3 Å². The monoisotopic (exact) mass is 348 g/mol. The van der Waals surface area contributed by atoms with Crippen molar-refractivity contribution in [1.82, 2.24) is 9.80 Å². The summed E-state index contributed by atoms with van der Waals surface area (Å²) in [6.45, 7) is 8.78. The molecule has 3 nitrogen and oxygen atoms in total. The van der Waals surface area contributed by atoms with E-state index in [0.717, 1.165) is 37.5 Å². The molecule has 0 N–H and O–H groups in total. The molecule has 3 rings (SSSR count). The highest BCUT2D eigenvalue weighted by atomic mass is 35.5. The zero-order valence-corrected chi connectivity index (χ0v) is 15.7. The van der Waals surface area contributed by atoms with Gasteiger partial charge in [-0.3, -0.25) is 9.69 Å². The van der Waals surface area contributed by atoms with Gasteiger partial charge in [-0.05, 0) is 49.3 Å². The summed E-state index contributed by atoms with van der Waals surface area (Å²) < 4.78 is 0. The summed E-state index contributed by atoms with van der Waals surface area (Å²) in [7, 11) is 0. The molecule has 2 heterocycles. The van der Waals surface area contributed by atoms with Crippen molar-refractivity contribution in [2.75, 3.05) is 26.2 Å². The van der Waals surface area contributed by atoms with Crippen molar-refractivity contribution in [3.8, 4) is 0 Å². The van der Waals surface area contributed by atoms with Crippen LogP contribution in [0.2, 0.25) is 5.02 Å². The lowest BCUT2D eigenvalue weighted by molar-refractivity contribution is -0.140. The van der Waals surface area contributed by atoms with E-state index >= 15 is 0 Å². The van der Waals surface area contributed by atoms with Gasteiger partial charge in [0.25, 0.3) is 0 Å². The molecule has 0 radical (unpaired) electrons. The van der Waals surface area contributed by atoms with Crippen LogP contribution < -0.4 is 0 Å². The van der Waals surface area contributed by atoms with Crippen LogP contribution in [0.5, 0.6) is 0 Å². The average molecular weight is 349 g/mol. The second-order valence-corrected chi connectivity index (χ2v) is 8.30. The summed E-state index contributed by atoms with van der Waals surface area (Å²) in [6, 6.07) is 7.83. The second-order valence-electron chi connectivity index (χ2n) is 7.86. The Morgan fingerprint density at radius 3 is 2.58 bits per heavy atom. The van der Waals surface area contributed by atoms with Gasteiger partial charge in [0, 0.05) is 43.2 Å². The van der Waals surface area contributed by atoms with Crippen molar-refractivity contribution in [3.05, 3.63) is 34.9 Å². The average Bonchev–Trinajstić information content (AvgIpc) is 2.58. The maximum atomic E-state index is 12.7. The smallest absolute Gasteiger partial charge is 0.222 e. The summed E-state index contributed by atoms with van der Waals surface area (Å²) in [5.41, 5.74) is 1.46. The van der Waals surface area contributed by atoms with E-state index in [1.54, 1.807) is 0 Å². The van der Waals surface area contributed by atoms with Crippen LogP contribution in [0.3, 0.4) is 0 Å². The van der Waals surface area contributed by atoms with Crippen LogP contribution in [0.4, 0.5) is 0 Å². The van der Waals surface area contributed by atoms with Gasteiger partial charge in [0.1, 0.15) is 0 Å². The Bertz CT molecular complexity index is 572. The molecule has 2 aliphatic rings. The zero-order chi connectivity index (χ0) is 17.2. The number of hydrogen-bond acceptors (Lipinski definition) is 2. The number of benzene rings is 1. The minimum Gasteiger partial charge on any atom is -0.341 e. The van der Waals surface area contributed by atoms with Crippen LogP contribution in [0.1, 0.15) is 45.1 Å². The van der Waals surface area contributed by atoms with Crippen molar-refractivity contribution in [1.29, 1.82) is 0 Å². The molecule has 1 aromatic rings. The first kappa shape index (κ1) is 17.8. The molecule has 1 spiro atoms. The van der Waals surface area contributed by atoms with E-state index in [4.69, 9.17) is 11.6 Å². The van der Waals surface area contributed by atoms with Gasteiger partial charge in [0.15, 0.2) is 0 Å². The van der Waals surface area contributed by atoms with Crippen LogP contribution in [-0.4, -0.2) is 47.4 Å². The molecule has 2 saturated heterocycles. The van der Waals surface area contributed by atoms with Crippen molar-refractivity contribution in [3.63, 3.8) is 0 Å². The molecule has 0 aliphatic carbocycles. The SMILES string of the molecule is CC(C)CN1CC[C@]12CCCN(C(=O)CCc1ccc(Cl)cc1)C2. The first-order valence-corrected chi connectivity index (χ1v) is 9.64. The summed E-state index contributed by atoms with van der Waals surface area (Å²) in [5.74, 6) is 0.999. The third-order valence-corrected chi connectivity index (χ3v) is 5.80. The lowest BCUT2D eigenvalue weighted by Crippen LogP contribution is -2.67. The van der Waals surface area contributed by atoms with Gasteiger partial charge >= 0.3 is 0 Å². The molecular formula is C20H29ClN2O. The number of amides is 1. The minimum absolute atomic E-state index is 0.276. The number of piperidine rings is 1. The number of hydrogen-bond donors (Lipinski definition) is 0. The fraction of sp³-hybridized carbons (Fsp3) is 0.650. The molecule has 0 saturated carbocycles. The van der Waals surface area contributed by atoms with Crippen LogP contribution in [-0.2, 0) is 11.2 Å². The van der Waals surface area contributed by atoms with Gasteiger partial charge in [-0.25, -0.2) is 0 Å². The number of halogens is 1. The van der Waals surface area contributed by atoms with E-state index in [0.29, 0.717) is 18.2 Å². The maximum absolute atomic E-state index is 12.7. The Kier molecular flexibility index (Phi) is 5.51. The van der Waals surface area contributed by atoms with E-state index in [9.17, 15) is 4.79 Å².